The van der Waals surface area contributed by atoms with Crippen LogP contribution in [0.15, 0.2) is 29.4 Å². The van der Waals surface area contributed by atoms with Crippen LogP contribution in [0.25, 0.3) is 0 Å². The number of nitrogens with one attached hydrogen (secondary N) is 2. The van der Waals surface area contributed by atoms with E-state index in [1.54, 1.807) is 0 Å². The molecule has 0 aliphatic carbocycles. The van der Waals surface area contributed by atoms with Gasteiger partial charge in [-0.3, -0.25) is 9.98 Å². The van der Waals surface area contributed by atoms with E-state index in [-0.39, 0.29) is 0 Å². The minimum Gasteiger partial charge on any atom is -0.356 e. The first-order valence-corrected chi connectivity index (χ1v) is 7.88. The molecule has 0 spiro atoms. The second-order valence-corrected chi connectivity index (χ2v) is 5.58. The van der Waals surface area contributed by atoms with Gasteiger partial charge in [0.1, 0.15) is 0 Å². The van der Waals surface area contributed by atoms with Crippen LogP contribution < -0.4 is 10.6 Å². The molecule has 5 heteroatoms. The van der Waals surface area contributed by atoms with E-state index in [4.69, 9.17) is 0 Å². The Hall–Kier alpha value is -1.62. The standard InChI is InChI=1S/C16H27N5/c1-3-9-21-10-7-14(13-21)11-19-16(17-2)20-12-15-6-4-5-8-18-15/h4-6,8,14H,3,7,9-13H2,1-2H3,(H2,17,19,20). The van der Waals surface area contributed by atoms with Crippen molar-refractivity contribution in [1.29, 1.82) is 0 Å². The second-order valence-electron chi connectivity index (χ2n) is 5.58. The van der Waals surface area contributed by atoms with Crippen molar-refractivity contribution in [3.05, 3.63) is 30.1 Å². The molecule has 1 unspecified atom stereocenters. The molecular formula is C16H27N5. The van der Waals surface area contributed by atoms with Gasteiger partial charge in [0.2, 0.25) is 0 Å². The van der Waals surface area contributed by atoms with Gasteiger partial charge in [-0.1, -0.05) is 13.0 Å². The summed E-state index contributed by atoms with van der Waals surface area (Å²) in [5.74, 6) is 1.58. The Morgan fingerprint density at radius 3 is 3.05 bits per heavy atom. The van der Waals surface area contributed by atoms with E-state index in [0.29, 0.717) is 6.54 Å². The lowest BCUT2D eigenvalue weighted by atomic mass is 10.1. The molecule has 1 aliphatic rings. The van der Waals surface area contributed by atoms with Crippen LogP contribution in [0.2, 0.25) is 0 Å². The molecule has 2 rings (SSSR count). The van der Waals surface area contributed by atoms with E-state index in [1.807, 2.05) is 31.4 Å². The zero-order valence-corrected chi connectivity index (χ0v) is 13.2. The highest BCUT2D eigenvalue weighted by atomic mass is 15.2. The molecule has 0 saturated carbocycles. The molecule has 1 aliphatic heterocycles. The third-order valence-corrected chi connectivity index (χ3v) is 3.85. The van der Waals surface area contributed by atoms with Crippen molar-refractivity contribution in [2.24, 2.45) is 10.9 Å². The smallest absolute Gasteiger partial charge is 0.191 e. The summed E-state index contributed by atoms with van der Waals surface area (Å²) in [5.41, 5.74) is 1.02. The molecule has 2 N–H and O–H groups in total. The Morgan fingerprint density at radius 1 is 1.43 bits per heavy atom. The maximum absolute atomic E-state index is 4.30. The maximum atomic E-state index is 4.30. The first-order chi connectivity index (χ1) is 10.3. The highest BCUT2D eigenvalue weighted by molar-refractivity contribution is 5.79. The van der Waals surface area contributed by atoms with Gasteiger partial charge < -0.3 is 15.5 Å². The zero-order chi connectivity index (χ0) is 14.9. The molecule has 2 heterocycles. The fourth-order valence-electron chi connectivity index (χ4n) is 2.74. The number of aliphatic imine (C=N–C) groups is 1. The summed E-state index contributed by atoms with van der Waals surface area (Å²) in [6.45, 7) is 7.60. The van der Waals surface area contributed by atoms with E-state index in [1.165, 1.54) is 32.5 Å². The van der Waals surface area contributed by atoms with Crippen LogP contribution in [0.1, 0.15) is 25.5 Å². The Morgan fingerprint density at radius 2 is 2.33 bits per heavy atom. The summed E-state index contributed by atoms with van der Waals surface area (Å²) >= 11 is 0. The summed E-state index contributed by atoms with van der Waals surface area (Å²) in [6.07, 6.45) is 4.34. The van der Waals surface area contributed by atoms with Gasteiger partial charge in [-0.2, -0.15) is 0 Å². The van der Waals surface area contributed by atoms with Crippen LogP contribution in [-0.4, -0.2) is 49.1 Å². The Bertz CT molecular complexity index is 432. The van der Waals surface area contributed by atoms with Crippen LogP contribution in [0, 0.1) is 5.92 Å². The predicted octanol–water partition coefficient (Wildman–Crippen LogP) is 1.48. The molecule has 1 saturated heterocycles. The number of likely N-dealkylation sites (tertiary alicyclic amines) is 1. The van der Waals surface area contributed by atoms with Crippen molar-refractivity contribution in [2.45, 2.75) is 26.3 Å². The lowest BCUT2D eigenvalue weighted by Gasteiger charge is -2.16. The highest BCUT2D eigenvalue weighted by Crippen LogP contribution is 2.15. The van der Waals surface area contributed by atoms with Crippen LogP contribution in [0.3, 0.4) is 0 Å². The van der Waals surface area contributed by atoms with Crippen molar-refractivity contribution in [1.82, 2.24) is 20.5 Å². The summed E-state index contributed by atoms with van der Waals surface area (Å²) in [6, 6.07) is 5.94. The number of hydrogen-bond acceptors (Lipinski definition) is 3. The van der Waals surface area contributed by atoms with Crippen molar-refractivity contribution >= 4 is 5.96 Å². The van der Waals surface area contributed by atoms with E-state index in [0.717, 1.165) is 24.1 Å². The average Bonchev–Trinajstić information content (AvgIpc) is 2.96. The first-order valence-electron chi connectivity index (χ1n) is 7.88. The third kappa shape index (κ3) is 5.34. The summed E-state index contributed by atoms with van der Waals surface area (Å²) < 4.78 is 0. The fraction of sp³-hybridized carbons (Fsp3) is 0.625. The molecule has 0 radical (unpaired) electrons. The summed E-state index contributed by atoms with van der Waals surface area (Å²) in [4.78, 5) is 11.1. The van der Waals surface area contributed by atoms with Gasteiger partial charge in [0, 0.05) is 26.3 Å². The predicted molar refractivity (Wildman–Crippen MR) is 87.3 cm³/mol. The van der Waals surface area contributed by atoms with Gasteiger partial charge >= 0.3 is 0 Å². The molecular weight excluding hydrogens is 262 g/mol. The van der Waals surface area contributed by atoms with Gasteiger partial charge in [-0.25, -0.2) is 0 Å². The normalized spacial score (nSPS) is 19.7. The minimum absolute atomic E-state index is 0.702. The number of nitrogens with zero attached hydrogens (tertiary/aromatic N) is 3. The second kappa shape index (κ2) is 8.62. The van der Waals surface area contributed by atoms with Gasteiger partial charge in [0.25, 0.3) is 0 Å². The lowest BCUT2D eigenvalue weighted by molar-refractivity contribution is 0.324. The topological polar surface area (TPSA) is 52.5 Å². The van der Waals surface area contributed by atoms with E-state index >= 15 is 0 Å². The fourth-order valence-corrected chi connectivity index (χ4v) is 2.74. The molecule has 1 fully saturated rings. The molecule has 5 nitrogen and oxygen atoms in total. The van der Waals surface area contributed by atoms with Crippen molar-refractivity contribution in [3.63, 3.8) is 0 Å². The molecule has 1 aromatic rings. The maximum Gasteiger partial charge on any atom is 0.191 e. The molecule has 116 valence electrons. The Balaban J connectivity index is 1.69. The molecule has 21 heavy (non-hydrogen) atoms. The van der Waals surface area contributed by atoms with E-state index < -0.39 is 0 Å². The van der Waals surface area contributed by atoms with Crippen LogP contribution in [0.4, 0.5) is 0 Å². The molecule has 0 bridgehead atoms. The van der Waals surface area contributed by atoms with Crippen LogP contribution in [0.5, 0.6) is 0 Å². The van der Waals surface area contributed by atoms with Gasteiger partial charge in [-0.15, -0.1) is 0 Å². The largest absolute Gasteiger partial charge is 0.356 e. The van der Waals surface area contributed by atoms with Crippen molar-refractivity contribution < 1.29 is 0 Å². The molecule has 1 atom stereocenters. The van der Waals surface area contributed by atoms with Crippen molar-refractivity contribution in [2.75, 3.05) is 33.2 Å². The highest BCUT2D eigenvalue weighted by Gasteiger charge is 2.21. The van der Waals surface area contributed by atoms with Gasteiger partial charge in [0.05, 0.1) is 12.2 Å². The van der Waals surface area contributed by atoms with Crippen LogP contribution in [-0.2, 0) is 6.54 Å². The number of hydrogen-bond donors (Lipinski definition) is 2. The zero-order valence-electron chi connectivity index (χ0n) is 13.2. The molecule has 0 aromatic carbocycles. The monoisotopic (exact) mass is 289 g/mol. The lowest BCUT2D eigenvalue weighted by Crippen LogP contribution is -2.40. The minimum atomic E-state index is 0.702. The average molecular weight is 289 g/mol. The number of rotatable bonds is 6. The quantitative estimate of drug-likeness (QED) is 0.615. The Labute approximate surface area is 127 Å². The van der Waals surface area contributed by atoms with Crippen LogP contribution >= 0.6 is 0 Å². The molecule has 1 aromatic heterocycles. The molecule has 0 amide bonds. The summed E-state index contributed by atoms with van der Waals surface area (Å²) in [5, 5.41) is 6.74. The van der Waals surface area contributed by atoms with E-state index in [2.05, 4.69) is 32.4 Å². The van der Waals surface area contributed by atoms with Gasteiger partial charge in [-0.05, 0) is 44.0 Å². The summed E-state index contributed by atoms with van der Waals surface area (Å²) in [7, 11) is 1.81. The number of guanidine groups is 1. The van der Waals surface area contributed by atoms with Gasteiger partial charge in [0.15, 0.2) is 5.96 Å². The Kier molecular flexibility index (Phi) is 6.47. The third-order valence-electron chi connectivity index (χ3n) is 3.85. The number of aromatic nitrogens is 1. The SMILES string of the molecule is CCCN1CCC(CNC(=NC)NCc2ccccn2)C1. The first kappa shape index (κ1) is 15.8. The van der Waals surface area contributed by atoms with Crippen molar-refractivity contribution in [3.8, 4) is 0 Å². The number of pyridine rings is 1. The van der Waals surface area contributed by atoms with E-state index in [9.17, 15) is 0 Å².